The van der Waals surface area contributed by atoms with Crippen molar-refractivity contribution in [3.63, 3.8) is 0 Å². The van der Waals surface area contributed by atoms with Crippen molar-refractivity contribution in [2.45, 2.75) is 12.8 Å². The molecule has 0 saturated carbocycles. The van der Waals surface area contributed by atoms with Gasteiger partial charge in [0.05, 0.1) is 16.9 Å². The minimum absolute atomic E-state index is 0.226. The fraction of sp³-hybridized carbons (Fsp3) is 0.167. The largest absolute Gasteiger partial charge is 0.507 e. The average Bonchev–Trinajstić information content (AvgIpc) is 2.28. The third-order valence-corrected chi connectivity index (χ3v) is 2.62. The van der Waals surface area contributed by atoms with Gasteiger partial charge in [-0.25, -0.2) is 4.79 Å². The van der Waals surface area contributed by atoms with E-state index in [2.05, 4.69) is 0 Å². The maximum Gasteiger partial charge on any atom is 0.344 e. The zero-order valence-corrected chi connectivity index (χ0v) is 9.01. The fourth-order valence-corrected chi connectivity index (χ4v) is 1.65. The molecule has 5 heteroatoms. The number of hydrogen-bond acceptors (Lipinski definition) is 4. The predicted molar refractivity (Wildman–Crippen MR) is 60.2 cm³/mol. The molecule has 0 spiro atoms. The second-order valence-corrected chi connectivity index (χ2v) is 3.71. The lowest BCUT2D eigenvalue weighted by atomic mass is 10.0. The van der Waals surface area contributed by atoms with Crippen LogP contribution in [-0.2, 0) is 4.79 Å². The molecule has 1 heterocycles. The highest BCUT2D eigenvalue weighted by Crippen LogP contribution is 2.30. The number of carboxylic acid groups (broad SMARTS) is 1. The molecule has 2 aromatic rings. The van der Waals surface area contributed by atoms with Crippen LogP contribution in [0.1, 0.15) is 18.4 Å². The van der Waals surface area contributed by atoms with E-state index in [4.69, 9.17) is 9.52 Å². The van der Waals surface area contributed by atoms with Crippen LogP contribution in [0.4, 0.5) is 0 Å². The van der Waals surface area contributed by atoms with Gasteiger partial charge < -0.3 is 14.6 Å². The summed E-state index contributed by atoms with van der Waals surface area (Å²) >= 11 is 0. The summed E-state index contributed by atoms with van der Waals surface area (Å²) in [5.74, 6) is -2.63. The lowest BCUT2D eigenvalue weighted by Crippen LogP contribution is -2.17. The Kier molecular flexibility index (Phi) is 2.59. The molecule has 0 fully saturated rings. The summed E-state index contributed by atoms with van der Waals surface area (Å²) in [5, 5.41) is 19.1. The minimum atomic E-state index is -1.19. The molecule has 2 N–H and O–H groups in total. The molecule has 0 aliphatic carbocycles. The number of rotatable bonds is 2. The molecule has 1 atom stereocenters. The molecule has 0 bridgehead atoms. The predicted octanol–water partition coefficient (Wildman–Crippen LogP) is 1.69. The molecule has 2 rings (SSSR count). The molecule has 17 heavy (non-hydrogen) atoms. The fourth-order valence-electron chi connectivity index (χ4n) is 1.65. The molecule has 0 aliphatic rings. The number of hydrogen-bond donors (Lipinski definition) is 2. The maximum atomic E-state index is 11.6. The van der Waals surface area contributed by atoms with Gasteiger partial charge in [-0.2, -0.15) is 0 Å². The Bertz CT molecular complexity index is 641. The normalized spacial score (nSPS) is 12.5. The lowest BCUT2D eigenvalue weighted by molar-refractivity contribution is -0.138. The van der Waals surface area contributed by atoms with E-state index < -0.39 is 17.5 Å². The monoisotopic (exact) mass is 234 g/mol. The Morgan fingerprint density at radius 1 is 1.35 bits per heavy atom. The first-order valence-electron chi connectivity index (χ1n) is 5.00. The lowest BCUT2D eigenvalue weighted by Gasteiger charge is -2.09. The maximum absolute atomic E-state index is 11.6. The van der Waals surface area contributed by atoms with Gasteiger partial charge in [-0.05, 0) is 19.1 Å². The number of fused-ring (bicyclic) bond motifs is 1. The summed E-state index contributed by atoms with van der Waals surface area (Å²) in [6, 6.07) is 6.42. The number of aromatic hydroxyl groups is 1. The van der Waals surface area contributed by atoms with Crippen molar-refractivity contribution in [3.05, 3.63) is 40.2 Å². The Labute approximate surface area is 95.9 Å². The van der Waals surface area contributed by atoms with Crippen molar-refractivity contribution >= 4 is 16.9 Å². The van der Waals surface area contributed by atoms with E-state index in [1.807, 2.05) is 0 Å². The minimum Gasteiger partial charge on any atom is -0.507 e. The van der Waals surface area contributed by atoms with Crippen LogP contribution in [0.25, 0.3) is 11.0 Å². The average molecular weight is 234 g/mol. The van der Waals surface area contributed by atoms with Crippen molar-refractivity contribution in [1.82, 2.24) is 0 Å². The quantitative estimate of drug-likeness (QED) is 0.772. The van der Waals surface area contributed by atoms with Gasteiger partial charge in [0.25, 0.3) is 0 Å². The van der Waals surface area contributed by atoms with Crippen molar-refractivity contribution in [1.29, 1.82) is 0 Å². The highest BCUT2D eigenvalue weighted by Gasteiger charge is 2.24. The molecule has 0 radical (unpaired) electrons. The first-order chi connectivity index (χ1) is 8.02. The summed E-state index contributed by atoms with van der Waals surface area (Å²) < 4.78 is 4.97. The molecule has 88 valence electrons. The molecular formula is C12H10O5. The molecule has 0 saturated heterocycles. The number of benzene rings is 1. The number of carboxylic acids is 1. The summed E-state index contributed by atoms with van der Waals surface area (Å²) in [6.45, 7) is 1.32. The topological polar surface area (TPSA) is 87.7 Å². The van der Waals surface area contributed by atoms with Crippen LogP contribution in [0.15, 0.2) is 33.5 Å². The molecule has 1 aromatic heterocycles. The first-order valence-corrected chi connectivity index (χ1v) is 5.00. The SMILES string of the molecule is CC(C(=O)O)c1c(O)c2ccccc2oc1=O. The van der Waals surface area contributed by atoms with Crippen LogP contribution in [0.5, 0.6) is 5.75 Å². The first kappa shape index (κ1) is 11.2. The number of carbonyl (C=O) groups is 1. The summed E-state index contributed by atoms with van der Waals surface area (Å²) in [5.41, 5.74) is -0.816. The van der Waals surface area contributed by atoms with E-state index in [0.717, 1.165) is 0 Å². The van der Waals surface area contributed by atoms with Crippen LogP contribution in [0.2, 0.25) is 0 Å². The zero-order chi connectivity index (χ0) is 12.6. The van der Waals surface area contributed by atoms with Crippen LogP contribution in [0.3, 0.4) is 0 Å². The highest BCUT2D eigenvalue weighted by molar-refractivity contribution is 5.86. The van der Waals surface area contributed by atoms with Crippen molar-refractivity contribution in [2.24, 2.45) is 0 Å². The van der Waals surface area contributed by atoms with Gasteiger partial charge in [-0.3, -0.25) is 4.79 Å². The Morgan fingerprint density at radius 3 is 2.65 bits per heavy atom. The van der Waals surface area contributed by atoms with Crippen molar-refractivity contribution in [2.75, 3.05) is 0 Å². The van der Waals surface area contributed by atoms with Crippen LogP contribution in [0, 0.1) is 0 Å². The smallest absolute Gasteiger partial charge is 0.344 e. The van der Waals surface area contributed by atoms with Gasteiger partial charge in [0.1, 0.15) is 11.3 Å². The van der Waals surface area contributed by atoms with E-state index in [0.29, 0.717) is 5.39 Å². The summed E-state index contributed by atoms with van der Waals surface area (Å²) in [7, 11) is 0. The molecule has 1 unspecified atom stereocenters. The van der Waals surface area contributed by atoms with Crippen LogP contribution in [-0.4, -0.2) is 16.2 Å². The van der Waals surface area contributed by atoms with E-state index >= 15 is 0 Å². The molecule has 0 amide bonds. The van der Waals surface area contributed by atoms with Gasteiger partial charge in [0.15, 0.2) is 0 Å². The standard InChI is InChI=1S/C12H10O5/c1-6(11(14)15)9-10(13)7-4-2-3-5-8(7)17-12(9)16/h2-6,13H,1H3,(H,14,15). The second-order valence-electron chi connectivity index (χ2n) is 3.71. The van der Waals surface area contributed by atoms with E-state index in [-0.39, 0.29) is 16.9 Å². The zero-order valence-electron chi connectivity index (χ0n) is 9.01. The third-order valence-electron chi connectivity index (χ3n) is 2.62. The van der Waals surface area contributed by atoms with Crippen LogP contribution < -0.4 is 5.63 Å². The summed E-state index contributed by atoms with van der Waals surface area (Å²) in [6.07, 6.45) is 0. The molecule has 1 aromatic carbocycles. The van der Waals surface area contributed by atoms with E-state index in [1.54, 1.807) is 18.2 Å². The van der Waals surface area contributed by atoms with Gasteiger partial charge in [0, 0.05) is 0 Å². The Hall–Kier alpha value is -2.30. The summed E-state index contributed by atoms with van der Waals surface area (Å²) in [4.78, 5) is 22.5. The Balaban J connectivity index is 2.81. The third kappa shape index (κ3) is 1.75. The molecule has 0 aliphatic heterocycles. The molecular weight excluding hydrogens is 224 g/mol. The van der Waals surface area contributed by atoms with Crippen molar-refractivity contribution in [3.8, 4) is 5.75 Å². The van der Waals surface area contributed by atoms with E-state index in [9.17, 15) is 14.7 Å². The number of aliphatic carboxylic acids is 1. The Morgan fingerprint density at radius 2 is 2.00 bits per heavy atom. The second kappa shape index (κ2) is 3.93. The highest BCUT2D eigenvalue weighted by atomic mass is 16.4. The number of para-hydroxylation sites is 1. The van der Waals surface area contributed by atoms with Gasteiger partial charge >= 0.3 is 11.6 Å². The van der Waals surface area contributed by atoms with Crippen molar-refractivity contribution < 1.29 is 19.4 Å². The van der Waals surface area contributed by atoms with Crippen LogP contribution >= 0.6 is 0 Å². The van der Waals surface area contributed by atoms with E-state index in [1.165, 1.54) is 13.0 Å². The molecule has 5 nitrogen and oxygen atoms in total. The van der Waals surface area contributed by atoms with Gasteiger partial charge in [-0.15, -0.1) is 0 Å². The van der Waals surface area contributed by atoms with Gasteiger partial charge in [0.2, 0.25) is 0 Å². The van der Waals surface area contributed by atoms with Gasteiger partial charge in [-0.1, -0.05) is 12.1 Å².